The van der Waals surface area contributed by atoms with Crippen LogP contribution in [0.15, 0.2) is 16.5 Å². The Bertz CT molecular complexity index is 736. The van der Waals surface area contributed by atoms with E-state index in [-0.39, 0.29) is 5.76 Å². The summed E-state index contributed by atoms with van der Waals surface area (Å²) in [5.74, 6) is -0.0862. The van der Waals surface area contributed by atoms with Gasteiger partial charge in [-0.15, -0.1) is 0 Å². The number of carbonyl (C=O) groups excluding carboxylic acids is 2. The van der Waals surface area contributed by atoms with Gasteiger partial charge in [-0.2, -0.15) is 4.37 Å². The van der Waals surface area contributed by atoms with E-state index in [1.807, 2.05) is 0 Å². The van der Waals surface area contributed by atoms with Crippen molar-refractivity contribution >= 4 is 28.3 Å². The zero-order valence-electron chi connectivity index (χ0n) is 14.8. The van der Waals surface area contributed by atoms with Crippen molar-refractivity contribution in [2.45, 2.75) is 27.3 Å². The molecular weight excluding hydrogens is 342 g/mol. The third kappa shape index (κ3) is 4.58. The van der Waals surface area contributed by atoms with Gasteiger partial charge >= 0.3 is 5.91 Å². The van der Waals surface area contributed by atoms with Gasteiger partial charge in [-0.25, -0.2) is 0 Å². The summed E-state index contributed by atoms with van der Waals surface area (Å²) >= 11 is 1.19. The van der Waals surface area contributed by atoms with Crippen LogP contribution >= 0.6 is 11.5 Å². The Morgan fingerprint density at radius 2 is 1.88 bits per heavy atom. The van der Waals surface area contributed by atoms with Crippen molar-refractivity contribution in [2.75, 3.05) is 25.5 Å². The number of nitrogens with one attached hydrogen (secondary N) is 3. The summed E-state index contributed by atoms with van der Waals surface area (Å²) in [5.41, 5.74) is 5.76. The highest BCUT2D eigenvalue weighted by atomic mass is 32.1. The van der Waals surface area contributed by atoms with E-state index in [1.165, 1.54) is 11.5 Å². The van der Waals surface area contributed by atoms with E-state index in [1.54, 1.807) is 26.1 Å². The molecule has 0 aliphatic carbocycles. The molecule has 25 heavy (non-hydrogen) atoms. The summed E-state index contributed by atoms with van der Waals surface area (Å²) < 4.78 is 9.67. The summed E-state index contributed by atoms with van der Waals surface area (Å²) in [6, 6.07) is 3.36. The maximum absolute atomic E-state index is 12.2. The number of rotatable bonds is 7. The monoisotopic (exact) mass is 365 g/mol. The lowest BCUT2D eigenvalue weighted by molar-refractivity contribution is 0.0829. The fraction of sp³-hybridized carbons (Fsp3) is 0.438. The van der Waals surface area contributed by atoms with Gasteiger partial charge in [-0.1, -0.05) is 13.8 Å². The molecule has 136 valence electrons. The summed E-state index contributed by atoms with van der Waals surface area (Å²) in [6.07, 6.45) is 0. The Morgan fingerprint density at radius 1 is 1.20 bits per heavy atom. The van der Waals surface area contributed by atoms with Crippen LogP contribution in [0.1, 0.15) is 46.2 Å². The topological polar surface area (TPSA) is 99.5 Å². The largest absolute Gasteiger partial charge is 0.454 e. The third-order valence-corrected chi connectivity index (χ3v) is 4.72. The summed E-state index contributed by atoms with van der Waals surface area (Å²) in [4.78, 5) is 26.5. The zero-order valence-corrected chi connectivity index (χ0v) is 15.6. The molecule has 2 heterocycles. The minimum absolute atomic E-state index is 0.150. The van der Waals surface area contributed by atoms with Crippen LogP contribution in [-0.2, 0) is 6.54 Å². The molecular formula is C16H23N5O3S. The second kappa shape index (κ2) is 8.63. The van der Waals surface area contributed by atoms with E-state index in [4.69, 9.17) is 4.42 Å². The molecule has 8 nitrogen and oxygen atoms in total. The van der Waals surface area contributed by atoms with Gasteiger partial charge in [0.2, 0.25) is 0 Å². The quantitative estimate of drug-likeness (QED) is 0.649. The highest BCUT2D eigenvalue weighted by Crippen LogP contribution is 2.23. The minimum Gasteiger partial charge on any atom is -0.454 e. The van der Waals surface area contributed by atoms with Crippen molar-refractivity contribution in [2.24, 2.45) is 0 Å². The van der Waals surface area contributed by atoms with Crippen LogP contribution in [0.2, 0.25) is 0 Å². The van der Waals surface area contributed by atoms with Crippen LogP contribution in [0.25, 0.3) is 0 Å². The molecule has 0 atom stereocenters. The molecule has 2 aromatic rings. The molecule has 0 bridgehead atoms. The number of furan rings is 1. The van der Waals surface area contributed by atoms with Gasteiger partial charge in [0, 0.05) is 7.05 Å². The molecule has 0 aliphatic rings. The Hall–Kier alpha value is -2.39. The Labute approximate surface area is 150 Å². The van der Waals surface area contributed by atoms with Crippen molar-refractivity contribution in [1.82, 2.24) is 20.1 Å². The zero-order chi connectivity index (χ0) is 18.4. The van der Waals surface area contributed by atoms with Gasteiger partial charge in [0.25, 0.3) is 5.91 Å². The molecule has 0 aliphatic heterocycles. The van der Waals surface area contributed by atoms with Crippen molar-refractivity contribution in [3.63, 3.8) is 0 Å². The molecule has 2 aromatic heterocycles. The van der Waals surface area contributed by atoms with Gasteiger partial charge in [0.05, 0.1) is 17.8 Å². The smallest absolute Gasteiger partial charge is 0.305 e. The number of nitrogens with zero attached hydrogens (tertiary/aromatic N) is 2. The number of amides is 2. The van der Waals surface area contributed by atoms with Crippen LogP contribution in [0.5, 0.6) is 0 Å². The van der Waals surface area contributed by atoms with Crippen molar-refractivity contribution in [3.05, 3.63) is 34.9 Å². The van der Waals surface area contributed by atoms with Gasteiger partial charge in [-0.3, -0.25) is 25.3 Å². The normalized spacial score (nSPS) is 10.8. The highest BCUT2D eigenvalue weighted by Gasteiger charge is 2.19. The van der Waals surface area contributed by atoms with Crippen LogP contribution in [0.3, 0.4) is 0 Å². The molecule has 0 fully saturated rings. The standard InChI is InChI=1S/C16H23N5O3S/c1-5-21(6-2)9-11-7-8-12(24-11)14(22)18-19-15(23)13-10(3)20-25-16(13)17-4/h7-8,17H,5-6,9H2,1-4H3,(H,18,22)(H,19,23). The number of hydrazine groups is 1. The molecule has 0 radical (unpaired) electrons. The molecule has 0 spiro atoms. The Morgan fingerprint density at radius 3 is 2.52 bits per heavy atom. The number of aryl methyl sites for hydroxylation is 1. The first kappa shape index (κ1) is 18.9. The van der Waals surface area contributed by atoms with Crippen LogP contribution < -0.4 is 16.2 Å². The second-order valence-corrected chi connectivity index (χ2v) is 6.13. The highest BCUT2D eigenvalue weighted by molar-refractivity contribution is 7.10. The van der Waals surface area contributed by atoms with Crippen LogP contribution in [0, 0.1) is 6.92 Å². The van der Waals surface area contributed by atoms with Gasteiger partial charge in [0.1, 0.15) is 10.8 Å². The summed E-state index contributed by atoms with van der Waals surface area (Å²) in [7, 11) is 1.71. The minimum atomic E-state index is -0.508. The lowest BCUT2D eigenvalue weighted by Gasteiger charge is -2.15. The van der Waals surface area contributed by atoms with Crippen molar-refractivity contribution in [3.8, 4) is 0 Å². The lowest BCUT2D eigenvalue weighted by atomic mass is 10.2. The average molecular weight is 365 g/mol. The van der Waals surface area contributed by atoms with E-state index in [0.29, 0.717) is 28.6 Å². The summed E-state index contributed by atoms with van der Waals surface area (Å²) in [6.45, 7) is 8.30. The molecule has 0 saturated carbocycles. The third-order valence-electron chi connectivity index (χ3n) is 3.77. The second-order valence-electron chi connectivity index (χ2n) is 5.36. The van der Waals surface area contributed by atoms with Crippen molar-refractivity contribution < 1.29 is 14.0 Å². The SMILES string of the molecule is CCN(CC)Cc1ccc(C(=O)NNC(=O)c2c(C)nsc2NC)o1. The molecule has 2 rings (SSSR count). The molecule has 0 saturated heterocycles. The fourth-order valence-electron chi connectivity index (χ4n) is 2.30. The number of carbonyl (C=O) groups is 2. The van der Waals surface area contributed by atoms with E-state index < -0.39 is 11.8 Å². The summed E-state index contributed by atoms with van der Waals surface area (Å²) in [5, 5.41) is 3.55. The lowest BCUT2D eigenvalue weighted by Crippen LogP contribution is -2.41. The first-order valence-corrected chi connectivity index (χ1v) is 8.83. The fourth-order valence-corrected chi connectivity index (χ4v) is 3.04. The maximum atomic E-state index is 12.2. The van der Waals surface area contributed by atoms with E-state index in [0.717, 1.165) is 13.1 Å². The van der Waals surface area contributed by atoms with Crippen LogP contribution in [0.4, 0.5) is 5.00 Å². The van der Waals surface area contributed by atoms with Gasteiger partial charge in [-0.05, 0) is 43.7 Å². The molecule has 9 heteroatoms. The number of hydrogen-bond donors (Lipinski definition) is 3. The predicted octanol–water partition coefficient (Wildman–Crippen LogP) is 2.00. The van der Waals surface area contributed by atoms with Gasteiger partial charge in [0.15, 0.2) is 5.76 Å². The molecule has 0 unspecified atom stereocenters. The molecule has 0 aromatic carbocycles. The van der Waals surface area contributed by atoms with E-state index in [2.05, 4.69) is 39.3 Å². The Balaban J connectivity index is 1.95. The molecule has 3 N–H and O–H groups in total. The number of anilines is 1. The van der Waals surface area contributed by atoms with Crippen LogP contribution in [-0.4, -0.2) is 41.2 Å². The maximum Gasteiger partial charge on any atom is 0.305 e. The van der Waals surface area contributed by atoms with Crippen molar-refractivity contribution in [1.29, 1.82) is 0 Å². The van der Waals surface area contributed by atoms with Gasteiger partial charge < -0.3 is 9.73 Å². The average Bonchev–Trinajstić information content (AvgIpc) is 3.23. The first-order valence-electron chi connectivity index (χ1n) is 8.05. The number of aromatic nitrogens is 1. The molecule has 2 amide bonds. The first-order chi connectivity index (χ1) is 12.0. The van der Waals surface area contributed by atoms with E-state index in [9.17, 15) is 9.59 Å². The number of hydrogen-bond acceptors (Lipinski definition) is 7. The predicted molar refractivity (Wildman–Crippen MR) is 96.7 cm³/mol. The Kier molecular flexibility index (Phi) is 6.54. The van der Waals surface area contributed by atoms with E-state index >= 15 is 0 Å².